The van der Waals surface area contributed by atoms with E-state index in [1.54, 1.807) is 43.7 Å². The average molecular weight is 708 g/mol. The summed E-state index contributed by atoms with van der Waals surface area (Å²) >= 11 is 3.57. The number of methoxy groups -OCH3 is 1. The molecule has 5 aromatic rings. The van der Waals surface area contributed by atoms with Gasteiger partial charge >= 0.3 is 0 Å². The van der Waals surface area contributed by atoms with E-state index in [0.717, 1.165) is 43.0 Å². The van der Waals surface area contributed by atoms with Crippen LogP contribution in [-0.2, 0) is 11.6 Å². The molecule has 13 nitrogen and oxygen atoms in total. The van der Waals surface area contributed by atoms with Crippen LogP contribution in [0.25, 0.3) is 22.2 Å². The molecule has 0 saturated carbocycles. The highest BCUT2D eigenvalue weighted by Crippen LogP contribution is 2.42. The number of aliphatic hydroxyl groups is 1. The molecule has 240 valence electrons. The minimum absolute atomic E-state index is 0.153. The van der Waals surface area contributed by atoms with Gasteiger partial charge in [-0.05, 0) is 47.5 Å². The monoisotopic (exact) mass is 706 g/mol. The Morgan fingerprint density at radius 3 is 2.50 bits per heavy atom. The molecule has 15 heteroatoms. The third kappa shape index (κ3) is 6.70. The van der Waals surface area contributed by atoms with E-state index >= 15 is 0 Å². The van der Waals surface area contributed by atoms with E-state index in [-0.39, 0.29) is 6.61 Å². The number of ether oxygens (including phenoxy) is 1. The SMILES string of the molecule is COc1cc(N2CCN(CCO)CC2)c(-c2cnn(C)c2)cc1Nc1ncc(Br)c(Nc2ccc3nccnc3c2P(C)(C)=O)n1. The molecule has 1 aliphatic rings. The molecule has 0 radical (unpaired) electrons. The fourth-order valence-electron chi connectivity index (χ4n) is 5.67. The molecule has 2 aromatic carbocycles. The summed E-state index contributed by atoms with van der Waals surface area (Å²) in [6, 6.07) is 7.76. The first-order valence-electron chi connectivity index (χ1n) is 14.8. The Hall–Kier alpha value is -4.10. The summed E-state index contributed by atoms with van der Waals surface area (Å²) in [4.78, 5) is 22.8. The number of anilines is 5. The fourth-order valence-corrected chi connectivity index (χ4v) is 7.36. The van der Waals surface area contributed by atoms with Crippen molar-refractivity contribution >= 4 is 68.2 Å². The lowest BCUT2D eigenvalue weighted by Gasteiger charge is -2.37. The van der Waals surface area contributed by atoms with E-state index in [4.69, 9.17) is 9.72 Å². The maximum absolute atomic E-state index is 13.4. The second kappa shape index (κ2) is 13.3. The van der Waals surface area contributed by atoms with Gasteiger partial charge in [-0.2, -0.15) is 10.1 Å². The lowest BCUT2D eigenvalue weighted by molar-refractivity contribution is 0.189. The van der Waals surface area contributed by atoms with Gasteiger partial charge in [-0.1, -0.05) is 0 Å². The van der Waals surface area contributed by atoms with Crippen LogP contribution in [0.5, 0.6) is 5.75 Å². The van der Waals surface area contributed by atoms with Crippen LogP contribution in [0, 0.1) is 0 Å². The van der Waals surface area contributed by atoms with Gasteiger partial charge < -0.3 is 29.9 Å². The number of aryl methyl sites for hydroxylation is 1. The second-order valence-electron chi connectivity index (χ2n) is 11.4. The first kappa shape index (κ1) is 31.9. The summed E-state index contributed by atoms with van der Waals surface area (Å²) in [6.07, 6.45) is 8.71. The van der Waals surface area contributed by atoms with E-state index in [0.29, 0.717) is 56.2 Å². The molecule has 0 amide bonds. The summed E-state index contributed by atoms with van der Waals surface area (Å²) < 4.78 is 21.7. The zero-order valence-corrected chi connectivity index (χ0v) is 28.6. The Morgan fingerprint density at radius 2 is 1.80 bits per heavy atom. The van der Waals surface area contributed by atoms with Gasteiger partial charge in [0.1, 0.15) is 24.2 Å². The molecular weight excluding hydrogens is 671 g/mol. The molecule has 6 rings (SSSR count). The smallest absolute Gasteiger partial charge is 0.229 e. The van der Waals surface area contributed by atoms with Crippen molar-refractivity contribution in [1.29, 1.82) is 0 Å². The quantitative estimate of drug-likeness (QED) is 0.177. The van der Waals surface area contributed by atoms with Crippen LogP contribution in [0.15, 0.2) is 59.7 Å². The highest BCUT2D eigenvalue weighted by atomic mass is 79.9. The molecule has 0 unspecified atom stereocenters. The van der Waals surface area contributed by atoms with E-state index in [2.05, 4.69) is 56.4 Å². The molecule has 1 saturated heterocycles. The normalized spacial score (nSPS) is 14.1. The summed E-state index contributed by atoms with van der Waals surface area (Å²) in [6.45, 7) is 7.61. The fraction of sp³-hybridized carbons (Fsp3) is 0.323. The predicted octanol–water partition coefficient (Wildman–Crippen LogP) is 4.44. The molecule has 1 fully saturated rings. The zero-order valence-electron chi connectivity index (χ0n) is 26.1. The number of nitrogens with zero attached hydrogens (tertiary/aromatic N) is 8. The number of aromatic nitrogens is 6. The summed E-state index contributed by atoms with van der Waals surface area (Å²) in [5, 5.41) is 21.1. The van der Waals surface area contributed by atoms with Crippen LogP contribution in [0.1, 0.15) is 0 Å². The zero-order chi connectivity index (χ0) is 32.4. The Labute approximate surface area is 275 Å². The van der Waals surface area contributed by atoms with E-state index in [9.17, 15) is 9.67 Å². The highest BCUT2D eigenvalue weighted by Gasteiger charge is 2.24. The largest absolute Gasteiger partial charge is 0.494 e. The topological polar surface area (TPSA) is 146 Å². The van der Waals surface area contributed by atoms with Crippen molar-refractivity contribution in [2.24, 2.45) is 7.05 Å². The Morgan fingerprint density at radius 1 is 1.02 bits per heavy atom. The third-order valence-electron chi connectivity index (χ3n) is 7.86. The molecule has 3 aromatic heterocycles. The summed E-state index contributed by atoms with van der Waals surface area (Å²) in [5.41, 5.74) is 5.57. The summed E-state index contributed by atoms with van der Waals surface area (Å²) in [7, 11) is 0.767. The highest BCUT2D eigenvalue weighted by molar-refractivity contribution is 9.10. The Balaban J connectivity index is 1.35. The molecule has 46 heavy (non-hydrogen) atoms. The third-order valence-corrected chi connectivity index (χ3v) is 9.97. The van der Waals surface area contributed by atoms with Gasteiger partial charge in [0.25, 0.3) is 0 Å². The second-order valence-corrected chi connectivity index (χ2v) is 15.4. The van der Waals surface area contributed by atoms with E-state index in [1.807, 2.05) is 43.7 Å². The number of fused-ring (bicyclic) bond motifs is 1. The van der Waals surface area contributed by atoms with Crippen LogP contribution in [-0.4, -0.2) is 99.5 Å². The lowest BCUT2D eigenvalue weighted by Crippen LogP contribution is -2.47. The molecule has 0 bridgehead atoms. The number of piperazine rings is 1. The van der Waals surface area contributed by atoms with Crippen LogP contribution >= 0.6 is 23.1 Å². The number of hydrogen-bond acceptors (Lipinski definition) is 12. The first-order chi connectivity index (χ1) is 22.1. The van der Waals surface area contributed by atoms with Crippen molar-refractivity contribution in [2.75, 3.05) is 75.3 Å². The summed E-state index contributed by atoms with van der Waals surface area (Å²) in [5.74, 6) is 1.46. The van der Waals surface area contributed by atoms with Gasteiger partial charge in [0.2, 0.25) is 5.95 Å². The van der Waals surface area contributed by atoms with Crippen molar-refractivity contribution < 1.29 is 14.4 Å². The number of benzene rings is 2. The standard InChI is InChI=1S/C31H36BrN10O3P/c1-40-19-20(17-36-40)21-15-25(27(45-2)16-26(21)42-11-9-41(10-12-42)13-14-43)38-31-35-18-22(32)30(39-31)37-24-6-5-23-28(34-8-7-33-23)29(24)46(3,4)44/h5-8,15-19,43H,9-14H2,1-4H3,(H2,35,37,38,39). The maximum Gasteiger partial charge on any atom is 0.229 e. The van der Waals surface area contributed by atoms with Gasteiger partial charge in [-0.15, -0.1) is 0 Å². The minimum Gasteiger partial charge on any atom is -0.494 e. The van der Waals surface area contributed by atoms with Crippen LogP contribution < -0.4 is 25.6 Å². The maximum atomic E-state index is 13.4. The number of halogens is 1. The lowest BCUT2D eigenvalue weighted by atomic mass is 10.0. The van der Waals surface area contributed by atoms with Crippen molar-refractivity contribution in [3.05, 3.63) is 59.7 Å². The van der Waals surface area contributed by atoms with Crippen molar-refractivity contribution in [2.45, 2.75) is 0 Å². The number of β-amino-alcohol motifs (C(OH)–C–C–N with tert-alkyl or cyclic N) is 1. The molecule has 4 heterocycles. The minimum atomic E-state index is -2.77. The predicted molar refractivity (Wildman–Crippen MR) is 186 cm³/mol. The molecule has 0 spiro atoms. The Bertz CT molecular complexity index is 1920. The number of nitrogens with one attached hydrogen (secondary N) is 2. The van der Waals surface area contributed by atoms with Crippen LogP contribution in [0.3, 0.4) is 0 Å². The number of rotatable bonds is 10. The van der Waals surface area contributed by atoms with Crippen molar-refractivity contribution in [3.63, 3.8) is 0 Å². The van der Waals surface area contributed by atoms with Crippen molar-refractivity contribution in [1.82, 2.24) is 34.6 Å². The molecule has 0 aliphatic carbocycles. The average Bonchev–Trinajstić information content (AvgIpc) is 3.48. The van der Waals surface area contributed by atoms with Gasteiger partial charge in [0, 0.05) is 87.4 Å². The Kier molecular flexibility index (Phi) is 9.23. The van der Waals surface area contributed by atoms with Gasteiger partial charge in [0.05, 0.1) is 46.6 Å². The molecule has 0 atom stereocenters. The van der Waals surface area contributed by atoms with Gasteiger partial charge in [-0.3, -0.25) is 19.5 Å². The van der Waals surface area contributed by atoms with Crippen LogP contribution in [0.2, 0.25) is 0 Å². The van der Waals surface area contributed by atoms with Crippen LogP contribution in [0.4, 0.5) is 28.8 Å². The molecule has 1 aliphatic heterocycles. The first-order valence-corrected chi connectivity index (χ1v) is 18.2. The van der Waals surface area contributed by atoms with E-state index < -0.39 is 7.14 Å². The molecule has 3 N–H and O–H groups in total. The van der Waals surface area contributed by atoms with Gasteiger partial charge in [0.15, 0.2) is 0 Å². The van der Waals surface area contributed by atoms with E-state index in [1.165, 1.54) is 0 Å². The molecular formula is C31H36BrN10O3P. The van der Waals surface area contributed by atoms with Gasteiger partial charge in [-0.25, -0.2) is 4.98 Å². The number of hydrogen-bond donors (Lipinski definition) is 3. The van der Waals surface area contributed by atoms with Crippen molar-refractivity contribution in [3.8, 4) is 16.9 Å². The number of aliphatic hydroxyl groups excluding tert-OH is 1.